The fourth-order valence-electron chi connectivity index (χ4n) is 6.58. The second-order valence-electron chi connectivity index (χ2n) is 12.2. The summed E-state index contributed by atoms with van der Waals surface area (Å²) in [6.07, 6.45) is 4.50. The van der Waals surface area contributed by atoms with Crippen LogP contribution in [0.4, 0.5) is 5.82 Å². The van der Waals surface area contributed by atoms with Gasteiger partial charge in [-0.1, -0.05) is 78.7 Å². The van der Waals surface area contributed by atoms with Crippen molar-refractivity contribution in [3.05, 3.63) is 144 Å². The second-order valence-corrected chi connectivity index (χ2v) is 12.2. The van der Waals surface area contributed by atoms with Crippen LogP contribution < -0.4 is 14.8 Å². The molecule has 2 unspecified atom stereocenters. The lowest BCUT2D eigenvalue weighted by molar-refractivity contribution is -0.0953. The van der Waals surface area contributed by atoms with E-state index in [2.05, 4.69) is 26.2 Å². The van der Waals surface area contributed by atoms with E-state index in [0.717, 1.165) is 16.7 Å². The molecule has 6 aromatic rings. The highest BCUT2D eigenvalue weighted by molar-refractivity contribution is 6.06. The number of hydrogen-bond donors (Lipinski definition) is 2. The number of carbonyl (C=O) groups is 1. The molecule has 4 aromatic carbocycles. The zero-order valence-electron chi connectivity index (χ0n) is 29.0. The number of fused-ring (bicyclic) bond motifs is 1. The molecule has 1 aliphatic rings. The molecule has 0 bridgehead atoms. The number of aliphatic hydroxyl groups excluding tert-OH is 1. The molecular weight excluding hydrogens is 674 g/mol. The van der Waals surface area contributed by atoms with Gasteiger partial charge in [0, 0.05) is 5.56 Å². The quantitative estimate of drug-likeness (QED) is 0.119. The summed E-state index contributed by atoms with van der Waals surface area (Å²) in [5.74, 6) is 3.73. The molecule has 12 nitrogen and oxygen atoms in total. The SMILES string of the molecule is C#CCO[C@H]1C(n2cnc3c(NC(=O)c4ccccc4)ncnc32)OC(COC(c2ccccc2)(c2ccc(OC)cc2)c2ccc(OC)cc2)[C@H]1O. The number of benzene rings is 4. The molecule has 268 valence electrons. The number of ether oxygens (including phenoxy) is 5. The normalized spacial score (nSPS) is 18.4. The number of terminal acetylenes is 1. The number of carbonyl (C=O) groups excluding carboxylic acids is 1. The highest BCUT2D eigenvalue weighted by Gasteiger charge is 2.48. The largest absolute Gasteiger partial charge is 0.497 e. The van der Waals surface area contributed by atoms with E-state index >= 15 is 0 Å². The van der Waals surface area contributed by atoms with Gasteiger partial charge in [0.2, 0.25) is 0 Å². The van der Waals surface area contributed by atoms with Gasteiger partial charge in [-0.3, -0.25) is 9.36 Å². The van der Waals surface area contributed by atoms with Crippen LogP contribution in [0.1, 0.15) is 33.3 Å². The van der Waals surface area contributed by atoms with Crippen molar-refractivity contribution in [3.8, 4) is 23.8 Å². The van der Waals surface area contributed by atoms with Gasteiger partial charge < -0.3 is 34.1 Å². The van der Waals surface area contributed by atoms with Crippen molar-refractivity contribution in [2.24, 2.45) is 0 Å². The number of hydrogen-bond acceptors (Lipinski definition) is 10. The summed E-state index contributed by atoms with van der Waals surface area (Å²) < 4.78 is 32.2. The van der Waals surface area contributed by atoms with E-state index < -0.39 is 30.1 Å². The van der Waals surface area contributed by atoms with Crippen molar-refractivity contribution in [1.82, 2.24) is 19.5 Å². The Hall–Kier alpha value is -6.10. The molecule has 53 heavy (non-hydrogen) atoms. The summed E-state index contributed by atoms with van der Waals surface area (Å²) in [6.45, 7) is -0.151. The molecule has 2 aromatic heterocycles. The molecule has 12 heteroatoms. The highest BCUT2D eigenvalue weighted by Crippen LogP contribution is 2.43. The molecule has 0 radical (unpaired) electrons. The second kappa shape index (κ2) is 15.6. The molecule has 1 amide bonds. The van der Waals surface area contributed by atoms with Crippen LogP contribution in [0, 0.1) is 12.3 Å². The Morgan fingerprint density at radius 3 is 2.08 bits per heavy atom. The van der Waals surface area contributed by atoms with Crippen molar-refractivity contribution in [2.75, 3.05) is 32.8 Å². The molecule has 4 atom stereocenters. The minimum Gasteiger partial charge on any atom is -0.497 e. The van der Waals surface area contributed by atoms with E-state index in [1.807, 2.05) is 84.9 Å². The maximum absolute atomic E-state index is 13.0. The Balaban J connectivity index is 1.24. The number of methoxy groups -OCH3 is 2. The lowest BCUT2D eigenvalue weighted by Gasteiger charge is -2.37. The van der Waals surface area contributed by atoms with E-state index in [0.29, 0.717) is 28.2 Å². The van der Waals surface area contributed by atoms with Gasteiger partial charge in [-0.05, 0) is 53.1 Å². The molecule has 1 aliphatic heterocycles. The molecule has 3 heterocycles. The first kappa shape index (κ1) is 35.3. The lowest BCUT2D eigenvalue weighted by atomic mass is 9.80. The number of aliphatic hydroxyl groups is 1. The highest BCUT2D eigenvalue weighted by atomic mass is 16.6. The lowest BCUT2D eigenvalue weighted by Crippen LogP contribution is -2.40. The first-order valence-corrected chi connectivity index (χ1v) is 16.9. The Kier molecular flexibility index (Phi) is 10.4. The standard InChI is InChI=1S/C41H37N5O7/c1-4-23-51-36-35(47)33(53-40(36)46-26-44-34-37(42-25-43-38(34)46)45-39(48)27-11-7-5-8-12-27)24-52-41(28-13-9-6-10-14-28,29-15-19-31(49-2)20-16-29)30-17-21-32(50-3)22-18-30/h1,5-22,25-26,33,35-36,40,47H,23-24H2,2-3H3,(H,42,43,45,48)/t33?,35-,36-,40?/m1/s1. The topological polar surface area (TPSA) is 139 Å². The molecule has 1 fully saturated rings. The average molecular weight is 712 g/mol. The number of imidazole rings is 1. The number of nitrogens with zero attached hydrogens (tertiary/aromatic N) is 4. The minimum absolute atomic E-state index is 0.0689. The smallest absolute Gasteiger partial charge is 0.256 e. The predicted molar refractivity (Wildman–Crippen MR) is 196 cm³/mol. The van der Waals surface area contributed by atoms with Crippen molar-refractivity contribution < 1.29 is 33.6 Å². The van der Waals surface area contributed by atoms with Gasteiger partial charge in [0.1, 0.15) is 48.3 Å². The van der Waals surface area contributed by atoms with Crippen LogP contribution in [0.5, 0.6) is 11.5 Å². The van der Waals surface area contributed by atoms with Crippen molar-refractivity contribution in [3.63, 3.8) is 0 Å². The third-order valence-electron chi connectivity index (χ3n) is 9.21. The summed E-state index contributed by atoms with van der Waals surface area (Å²) >= 11 is 0. The van der Waals surface area contributed by atoms with Crippen molar-refractivity contribution in [1.29, 1.82) is 0 Å². The first-order chi connectivity index (χ1) is 26.0. The third-order valence-corrected chi connectivity index (χ3v) is 9.21. The van der Waals surface area contributed by atoms with Crippen LogP contribution >= 0.6 is 0 Å². The number of nitrogens with one attached hydrogen (secondary N) is 1. The monoisotopic (exact) mass is 711 g/mol. The van der Waals surface area contributed by atoms with Crippen LogP contribution in [-0.2, 0) is 19.8 Å². The predicted octanol–water partition coefficient (Wildman–Crippen LogP) is 5.38. The van der Waals surface area contributed by atoms with E-state index in [1.54, 1.807) is 43.1 Å². The molecule has 0 aliphatic carbocycles. The molecule has 0 saturated carbocycles. The zero-order valence-corrected chi connectivity index (χ0v) is 29.0. The van der Waals surface area contributed by atoms with Crippen LogP contribution in [0.15, 0.2) is 122 Å². The Morgan fingerprint density at radius 1 is 0.868 bits per heavy atom. The maximum Gasteiger partial charge on any atom is 0.256 e. The van der Waals surface area contributed by atoms with Crippen LogP contribution in [0.2, 0.25) is 0 Å². The maximum atomic E-state index is 13.0. The van der Waals surface area contributed by atoms with Gasteiger partial charge in [0.15, 0.2) is 23.2 Å². The number of aromatic nitrogens is 4. The number of anilines is 1. The van der Waals surface area contributed by atoms with E-state index in [1.165, 1.54) is 12.7 Å². The van der Waals surface area contributed by atoms with Crippen LogP contribution in [-0.4, -0.2) is 76.3 Å². The van der Waals surface area contributed by atoms with Gasteiger partial charge in [-0.25, -0.2) is 15.0 Å². The van der Waals surface area contributed by atoms with Crippen molar-refractivity contribution in [2.45, 2.75) is 30.1 Å². The molecule has 2 N–H and O–H groups in total. The molecule has 7 rings (SSSR count). The van der Waals surface area contributed by atoms with Crippen LogP contribution in [0.25, 0.3) is 11.2 Å². The summed E-state index contributed by atoms with van der Waals surface area (Å²) in [5, 5.41) is 14.6. The Labute approximate surface area is 306 Å². The zero-order chi connectivity index (χ0) is 36.8. The fraction of sp³-hybridized carbons (Fsp3) is 0.220. The van der Waals surface area contributed by atoms with Gasteiger partial charge in [-0.15, -0.1) is 6.42 Å². The van der Waals surface area contributed by atoms with Gasteiger partial charge >= 0.3 is 0 Å². The fourth-order valence-corrected chi connectivity index (χ4v) is 6.58. The first-order valence-electron chi connectivity index (χ1n) is 16.9. The van der Waals surface area contributed by atoms with E-state index in [4.69, 9.17) is 30.1 Å². The Bertz CT molecular complexity index is 2140. The van der Waals surface area contributed by atoms with Crippen molar-refractivity contribution >= 4 is 22.9 Å². The summed E-state index contributed by atoms with van der Waals surface area (Å²) in [5.41, 5.74) is 2.47. The summed E-state index contributed by atoms with van der Waals surface area (Å²) in [7, 11) is 3.23. The molecule has 0 spiro atoms. The number of rotatable bonds is 13. The van der Waals surface area contributed by atoms with E-state index in [-0.39, 0.29) is 24.9 Å². The van der Waals surface area contributed by atoms with E-state index in [9.17, 15) is 9.90 Å². The minimum atomic E-state index is -1.18. The van der Waals surface area contributed by atoms with Gasteiger partial charge in [-0.2, -0.15) is 0 Å². The van der Waals surface area contributed by atoms with Crippen LogP contribution in [0.3, 0.4) is 0 Å². The van der Waals surface area contributed by atoms with Gasteiger partial charge in [0.05, 0.1) is 27.2 Å². The number of amides is 1. The Morgan fingerprint density at radius 2 is 1.47 bits per heavy atom. The summed E-state index contributed by atoms with van der Waals surface area (Å²) in [4.78, 5) is 26.2. The molecular formula is C41H37N5O7. The molecule has 1 saturated heterocycles. The summed E-state index contributed by atoms with van der Waals surface area (Å²) in [6, 6.07) is 33.9. The van der Waals surface area contributed by atoms with Gasteiger partial charge in [0.25, 0.3) is 5.91 Å². The average Bonchev–Trinajstić information content (AvgIpc) is 3.79. The third kappa shape index (κ3) is 6.94.